The summed E-state index contributed by atoms with van der Waals surface area (Å²) < 4.78 is 47.7. The molecule has 1 aromatic rings. The first kappa shape index (κ1) is 71.8. The highest BCUT2D eigenvalue weighted by Crippen LogP contribution is 2.39. The molecule has 0 aromatic carbocycles. The number of piperidine rings is 1. The third-order valence-electron chi connectivity index (χ3n) is 18.9. The molecule has 0 spiro atoms. The smallest absolute Gasteiger partial charge is 0.329 e. The molecular weight excluding hydrogens is 1130 g/mol. The number of cyclic esters (lactones) is 1. The van der Waals surface area contributed by atoms with Crippen molar-refractivity contribution in [3.8, 4) is 0 Å². The zero-order valence-electron chi connectivity index (χ0n) is 54.5. The Balaban J connectivity index is 1.18. The number of hydrogen-bond donors (Lipinski definition) is 2. The van der Waals surface area contributed by atoms with Crippen molar-refractivity contribution in [2.24, 2.45) is 35.5 Å². The lowest BCUT2D eigenvalue weighted by molar-refractivity contribution is -0.265. The van der Waals surface area contributed by atoms with Crippen LogP contribution in [0.4, 0.5) is 5.95 Å². The van der Waals surface area contributed by atoms with Crippen LogP contribution in [0.3, 0.4) is 0 Å². The van der Waals surface area contributed by atoms with Gasteiger partial charge in [0.15, 0.2) is 5.78 Å². The van der Waals surface area contributed by atoms with Crippen LogP contribution in [-0.2, 0) is 73.1 Å². The third kappa shape index (κ3) is 19.6. The van der Waals surface area contributed by atoms with E-state index < -0.39 is 90.2 Å². The van der Waals surface area contributed by atoms with E-state index in [1.165, 1.54) is 12.0 Å². The van der Waals surface area contributed by atoms with Crippen LogP contribution in [0.15, 0.2) is 60.0 Å². The topological polar surface area (TPSA) is 252 Å². The van der Waals surface area contributed by atoms with Crippen LogP contribution < -0.4 is 4.90 Å². The minimum atomic E-state index is -2.44. The van der Waals surface area contributed by atoms with Crippen LogP contribution in [0.25, 0.3) is 0 Å². The standard InChI is InChI=1S/C67H103N5O16/c1-42-18-14-13-15-19-43(2)54(82-9)38-51-24-21-48(7)67(80,88-51)63(77)64(78)72-28-17-16-20-52(72)65(79)87-56(39-55(83-10)44(3)35-47(6)61(76)62(85-12)60(75)46(5)34-42)45(4)36-49-22-25-53(57(37-49)84-11)86-59(74)26-23-50-40-68-66(69-41-50)71-31-29-70(30-32-71)58(73)27-33-81-8/h13-15,18-19,35,40-42,44-46,48-49,51-57,61-62,76,80H,16-17,20-34,36-39H2,1-12H3/b15-13+,18-14+,43-19+,47-35+/t42-,44-,45-,46-,48-,49+,51+,52+,53-,54+,55-,56+,57-,61-,62+,67-/m1/s1. The number of Topliss-reactive ketones (excluding diaryl/α,β-unsaturated/α-hetero) is 2. The molecular formula is C67H103N5O16. The first-order valence-corrected chi connectivity index (χ1v) is 32.1. The molecule has 5 heterocycles. The number of amides is 2. The summed E-state index contributed by atoms with van der Waals surface area (Å²) in [5, 5.41) is 23.9. The van der Waals surface area contributed by atoms with Gasteiger partial charge in [0.1, 0.15) is 30.5 Å². The van der Waals surface area contributed by atoms with Gasteiger partial charge in [-0.15, -0.1) is 0 Å². The molecule has 21 heteroatoms. The molecule has 492 valence electrons. The van der Waals surface area contributed by atoms with Crippen molar-refractivity contribution in [1.29, 1.82) is 0 Å². The number of fused-ring (bicyclic) bond motifs is 3. The number of piperazine rings is 1. The fourth-order valence-electron chi connectivity index (χ4n) is 13.3. The number of hydrogen-bond acceptors (Lipinski definition) is 19. The maximum Gasteiger partial charge on any atom is 0.329 e. The quantitative estimate of drug-likeness (QED) is 0.0993. The van der Waals surface area contributed by atoms with Gasteiger partial charge in [0.25, 0.3) is 11.7 Å². The van der Waals surface area contributed by atoms with E-state index in [0.717, 1.165) is 11.1 Å². The van der Waals surface area contributed by atoms with Crippen molar-refractivity contribution < 1.29 is 76.9 Å². The van der Waals surface area contributed by atoms with Crippen LogP contribution in [0.5, 0.6) is 0 Å². The van der Waals surface area contributed by atoms with Crippen LogP contribution in [-0.4, -0.2) is 201 Å². The number of aryl methyl sites for hydroxylation is 1. The zero-order valence-corrected chi connectivity index (χ0v) is 54.5. The lowest BCUT2D eigenvalue weighted by Crippen LogP contribution is -2.61. The number of aliphatic hydroxyl groups is 2. The highest BCUT2D eigenvalue weighted by atomic mass is 16.6. The minimum absolute atomic E-state index is 0.0196. The molecule has 3 saturated heterocycles. The van der Waals surface area contributed by atoms with Gasteiger partial charge in [-0.25, -0.2) is 14.8 Å². The number of carbonyl (C=O) groups excluding carboxylic acids is 6. The summed E-state index contributed by atoms with van der Waals surface area (Å²) in [6.07, 6.45) is 15.9. The van der Waals surface area contributed by atoms with Crippen LogP contribution in [0.1, 0.15) is 144 Å². The van der Waals surface area contributed by atoms with Crippen molar-refractivity contribution in [3.05, 3.63) is 65.6 Å². The maximum absolute atomic E-state index is 14.9. The van der Waals surface area contributed by atoms with E-state index in [2.05, 4.69) is 9.97 Å². The SMILES string of the molecule is COCCC(=O)N1CCN(c2ncc(CCC(=O)O[C@@H]3CC[C@@H](C[C@@H](C)[C@@H]4C[C@@H](OC)[C@H](C)/C=C(\C)[C@@H](O)[C@@H](OC)C(=O)[C@H](C)C[C@H](C)/C=C/C=C/C=C(\C)[C@@H](OC)C[C@@H]5CC[C@@H](C)[C@@](O)(O5)C(=O)C(=O)N5CCCC[C@H]5C(=O)O4)C[C@H]3OC)cn2)CC1. The number of esters is 2. The lowest BCUT2D eigenvalue weighted by atomic mass is 9.78. The Labute approximate surface area is 522 Å². The molecule has 88 heavy (non-hydrogen) atoms. The summed E-state index contributed by atoms with van der Waals surface area (Å²) in [7, 11) is 7.77. The maximum atomic E-state index is 14.9. The van der Waals surface area contributed by atoms with Gasteiger partial charge in [-0.1, -0.05) is 71.1 Å². The van der Waals surface area contributed by atoms with Gasteiger partial charge in [-0.05, 0) is 119 Å². The van der Waals surface area contributed by atoms with E-state index in [9.17, 15) is 39.0 Å². The highest BCUT2D eigenvalue weighted by molar-refractivity contribution is 6.39. The normalized spacial score (nSPS) is 34.7. The Morgan fingerprint density at radius 1 is 0.773 bits per heavy atom. The Bertz CT molecular complexity index is 2570. The number of ether oxygens (including phenoxy) is 8. The molecule has 2 amide bonds. The second kappa shape index (κ2) is 34.8. The Morgan fingerprint density at radius 2 is 1.49 bits per heavy atom. The molecule has 1 aliphatic carbocycles. The minimum Gasteiger partial charge on any atom is -0.460 e. The lowest BCUT2D eigenvalue weighted by Gasteiger charge is -2.43. The number of rotatable bonds is 15. The molecule has 2 bridgehead atoms. The average Bonchev–Trinajstić information content (AvgIpc) is 1.42. The summed E-state index contributed by atoms with van der Waals surface area (Å²) in [5.74, 6) is -6.92. The predicted molar refractivity (Wildman–Crippen MR) is 330 cm³/mol. The van der Waals surface area contributed by atoms with Crippen molar-refractivity contribution >= 4 is 41.3 Å². The second-order valence-corrected chi connectivity index (χ2v) is 25.5. The first-order valence-electron chi connectivity index (χ1n) is 32.1. The van der Waals surface area contributed by atoms with Gasteiger partial charge in [-0.2, -0.15) is 0 Å². The largest absolute Gasteiger partial charge is 0.460 e. The van der Waals surface area contributed by atoms with E-state index in [-0.39, 0.29) is 67.1 Å². The van der Waals surface area contributed by atoms with Crippen molar-refractivity contribution in [3.63, 3.8) is 0 Å². The first-order chi connectivity index (χ1) is 42.0. The summed E-state index contributed by atoms with van der Waals surface area (Å²) in [5.41, 5.74) is 2.18. The van der Waals surface area contributed by atoms with E-state index in [4.69, 9.17) is 37.9 Å². The molecule has 5 aliphatic rings. The molecule has 6 rings (SSSR count). The molecule has 4 aliphatic heterocycles. The highest BCUT2D eigenvalue weighted by Gasteiger charge is 2.53. The number of aromatic nitrogens is 2. The van der Waals surface area contributed by atoms with Crippen LogP contribution >= 0.6 is 0 Å². The summed E-state index contributed by atoms with van der Waals surface area (Å²) in [6.45, 7) is 16.0. The number of ketones is 2. The second-order valence-electron chi connectivity index (χ2n) is 25.5. The van der Waals surface area contributed by atoms with Gasteiger partial charge in [-0.3, -0.25) is 24.0 Å². The Hall–Kier alpha value is -5.26. The molecule has 2 N–H and O–H groups in total. The predicted octanol–water partition coefficient (Wildman–Crippen LogP) is 7.29. The van der Waals surface area contributed by atoms with Crippen molar-refractivity contribution in [1.82, 2.24) is 19.8 Å². The van der Waals surface area contributed by atoms with Gasteiger partial charge in [0, 0.05) is 118 Å². The Morgan fingerprint density at radius 3 is 2.16 bits per heavy atom. The van der Waals surface area contributed by atoms with Crippen molar-refractivity contribution in [2.45, 2.75) is 205 Å². The summed E-state index contributed by atoms with van der Waals surface area (Å²) >= 11 is 0. The molecule has 21 nitrogen and oxygen atoms in total. The summed E-state index contributed by atoms with van der Waals surface area (Å²) in [6, 6.07) is -1.13. The molecule has 1 aromatic heterocycles. The molecule has 0 unspecified atom stereocenters. The molecule has 0 radical (unpaired) electrons. The van der Waals surface area contributed by atoms with Gasteiger partial charge in [0.05, 0.1) is 37.4 Å². The van der Waals surface area contributed by atoms with E-state index in [0.29, 0.717) is 121 Å². The van der Waals surface area contributed by atoms with E-state index in [1.54, 1.807) is 54.7 Å². The number of allylic oxidation sites excluding steroid dienone is 5. The Kier molecular flexibility index (Phi) is 28.4. The van der Waals surface area contributed by atoms with E-state index >= 15 is 0 Å². The number of carbonyl (C=O) groups is 6. The zero-order chi connectivity index (χ0) is 64.2. The summed E-state index contributed by atoms with van der Waals surface area (Å²) in [4.78, 5) is 98.0. The van der Waals surface area contributed by atoms with Crippen molar-refractivity contribution in [2.75, 3.05) is 79.8 Å². The third-order valence-corrected chi connectivity index (χ3v) is 18.9. The van der Waals surface area contributed by atoms with Gasteiger partial charge < -0.3 is 62.8 Å². The van der Waals surface area contributed by atoms with Crippen LogP contribution in [0.2, 0.25) is 0 Å². The molecule has 4 fully saturated rings. The molecule has 1 saturated carbocycles. The number of methoxy groups -OCH3 is 5. The van der Waals surface area contributed by atoms with Gasteiger partial charge >= 0.3 is 11.9 Å². The fraction of sp³-hybridized carbons (Fsp3) is 0.731. The van der Waals surface area contributed by atoms with Gasteiger partial charge in [0.2, 0.25) is 17.6 Å². The van der Waals surface area contributed by atoms with Crippen LogP contribution in [0, 0.1) is 35.5 Å². The molecule has 16 atom stereocenters. The number of anilines is 1. The average molecular weight is 1230 g/mol. The monoisotopic (exact) mass is 1230 g/mol. The van der Waals surface area contributed by atoms with E-state index in [1.807, 2.05) is 80.9 Å². The fourth-order valence-corrected chi connectivity index (χ4v) is 13.3. The number of nitrogens with zero attached hydrogens (tertiary/aromatic N) is 5. The number of aliphatic hydroxyl groups excluding tert-OH is 1.